The van der Waals surface area contributed by atoms with Crippen LogP contribution in [0.3, 0.4) is 0 Å². The molecule has 0 amide bonds. The van der Waals surface area contributed by atoms with Crippen LogP contribution in [0.15, 0.2) is 41.3 Å². The second kappa shape index (κ2) is 3.09. The normalized spacial score (nSPS) is 30.0. The van der Waals surface area contributed by atoms with Crippen molar-refractivity contribution in [3.63, 3.8) is 0 Å². The quantitative estimate of drug-likeness (QED) is 0.511. The van der Waals surface area contributed by atoms with Crippen molar-refractivity contribution in [1.29, 1.82) is 0 Å². The molecule has 0 N–H and O–H groups in total. The maximum atomic E-state index is 11.9. The summed E-state index contributed by atoms with van der Waals surface area (Å²) < 4.78 is 34.5. The third-order valence-electron chi connectivity index (χ3n) is 2.68. The van der Waals surface area contributed by atoms with Crippen molar-refractivity contribution in [2.75, 3.05) is 0 Å². The van der Waals surface area contributed by atoms with Crippen LogP contribution >= 0.6 is 0 Å². The maximum Gasteiger partial charge on any atom is 0.304 e. The Hall–Kier alpha value is -1.33. The van der Waals surface area contributed by atoms with Gasteiger partial charge in [0.2, 0.25) is 5.79 Å². The Balaban J connectivity index is 2.17. The molecule has 0 radical (unpaired) electrons. The second-order valence-corrected chi connectivity index (χ2v) is 5.35. The van der Waals surface area contributed by atoms with Crippen molar-refractivity contribution in [3.05, 3.63) is 36.4 Å². The molecule has 1 spiro atoms. The molecule has 0 saturated heterocycles. The number of hydrogen-bond donors (Lipinski definition) is 0. The van der Waals surface area contributed by atoms with E-state index in [2.05, 4.69) is 0 Å². The number of para-hydroxylation sites is 1. The number of allylic oxidation sites excluding steroid dienone is 1. The summed E-state index contributed by atoms with van der Waals surface area (Å²) >= 11 is 0. The number of rotatable bonds is 0. The van der Waals surface area contributed by atoms with Crippen molar-refractivity contribution in [1.82, 2.24) is 0 Å². The first kappa shape index (κ1) is 9.86. The SMILES string of the molecule is O=S1(=O)OC2(C=CCC2)Oc2ccccc21. The zero-order valence-electron chi connectivity index (χ0n) is 8.42. The number of ether oxygens (including phenoxy) is 1. The van der Waals surface area contributed by atoms with Crippen molar-refractivity contribution in [2.45, 2.75) is 23.5 Å². The van der Waals surface area contributed by atoms with Crippen molar-refractivity contribution < 1.29 is 17.3 Å². The maximum absolute atomic E-state index is 11.9. The Morgan fingerprint density at radius 1 is 1.25 bits per heavy atom. The minimum Gasteiger partial charge on any atom is -0.456 e. The fraction of sp³-hybridized carbons (Fsp3) is 0.273. The summed E-state index contributed by atoms with van der Waals surface area (Å²) in [5, 5.41) is 0. The Bertz CT molecular complexity index is 561. The van der Waals surface area contributed by atoms with Gasteiger partial charge in [0, 0.05) is 6.42 Å². The van der Waals surface area contributed by atoms with Gasteiger partial charge in [0.1, 0.15) is 10.6 Å². The smallest absolute Gasteiger partial charge is 0.304 e. The van der Waals surface area contributed by atoms with E-state index in [0.29, 0.717) is 12.2 Å². The summed E-state index contributed by atoms with van der Waals surface area (Å²) in [6, 6.07) is 6.51. The Morgan fingerprint density at radius 2 is 2.06 bits per heavy atom. The highest BCUT2D eigenvalue weighted by molar-refractivity contribution is 7.87. The molecular formula is C11H10O4S. The summed E-state index contributed by atoms with van der Waals surface area (Å²) in [7, 11) is -3.71. The zero-order valence-corrected chi connectivity index (χ0v) is 9.24. The number of benzene rings is 1. The van der Waals surface area contributed by atoms with Crippen LogP contribution in [0, 0.1) is 0 Å². The molecule has 1 atom stereocenters. The van der Waals surface area contributed by atoms with E-state index < -0.39 is 15.9 Å². The molecule has 0 saturated carbocycles. The van der Waals surface area contributed by atoms with Crippen LogP contribution in [0.25, 0.3) is 0 Å². The van der Waals surface area contributed by atoms with Gasteiger partial charge in [-0.05, 0) is 24.6 Å². The van der Waals surface area contributed by atoms with Gasteiger partial charge in [0.05, 0.1) is 0 Å². The van der Waals surface area contributed by atoms with E-state index >= 15 is 0 Å². The summed E-state index contributed by atoms with van der Waals surface area (Å²) in [5.74, 6) is -0.756. The predicted octanol–water partition coefficient (Wildman–Crippen LogP) is 1.83. The lowest BCUT2D eigenvalue weighted by atomic mass is 10.2. The monoisotopic (exact) mass is 238 g/mol. The molecule has 1 heterocycles. The van der Waals surface area contributed by atoms with Crippen LogP contribution in [0.4, 0.5) is 0 Å². The summed E-state index contributed by atoms with van der Waals surface area (Å²) in [5.41, 5.74) is 0. The molecule has 0 aromatic heterocycles. The van der Waals surface area contributed by atoms with Gasteiger partial charge in [-0.1, -0.05) is 18.2 Å². The first-order valence-corrected chi connectivity index (χ1v) is 6.44. The van der Waals surface area contributed by atoms with E-state index in [1.165, 1.54) is 6.07 Å². The fourth-order valence-electron chi connectivity index (χ4n) is 1.96. The molecule has 16 heavy (non-hydrogen) atoms. The standard InChI is InChI=1S/C11H10O4S/c12-16(13)10-6-2-1-5-9(10)14-11(15-16)7-3-4-8-11/h1-3,5-7H,4,8H2. The fourth-order valence-corrected chi connectivity index (χ4v) is 3.20. The van der Waals surface area contributed by atoms with Gasteiger partial charge in [-0.2, -0.15) is 8.42 Å². The predicted molar refractivity (Wildman–Crippen MR) is 56.4 cm³/mol. The van der Waals surface area contributed by atoms with Crippen molar-refractivity contribution in [2.24, 2.45) is 0 Å². The number of hydrogen-bond acceptors (Lipinski definition) is 4. The molecule has 2 aliphatic rings. The average Bonchev–Trinajstić information content (AvgIpc) is 2.65. The van der Waals surface area contributed by atoms with Gasteiger partial charge in [-0.15, -0.1) is 0 Å². The van der Waals surface area contributed by atoms with Crippen LogP contribution in [-0.2, 0) is 14.3 Å². The largest absolute Gasteiger partial charge is 0.456 e. The van der Waals surface area contributed by atoms with Gasteiger partial charge < -0.3 is 4.74 Å². The highest BCUT2D eigenvalue weighted by Gasteiger charge is 2.44. The molecule has 0 bridgehead atoms. The van der Waals surface area contributed by atoms with Crippen molar-refractivity contribution in [3.8, 4) is 5.75 Å². The van der Waals surface area contributed by atoms with Gasteiger partial charge in [0.15, 0.2) is 0 Å². The van der Waals surface area contributed by atoms with Crippen LogP contribution in [0.5, 0.6) is 5.75 Å². The third-order valence-corrected chi connectivity index (χ3v) is 4.06. The topological polar surface area (TPSA) is 52.6 Å². The summed E-state index contributed by atoms with van der Waals surface area (Å²) in [6.45, 7) is 0. The molecule has 1 aliphatic heterocycles. The van der Waals surface area contributed by atoms with E-state index in [1.807, 2.05) is 6.08 Å². The summed E-state index contributed by atoms with van der Waals surface area (Å²) in [6.07, 6.45) is 4.82. The molecule has 84 valence electrons. The van der Waals surface area contributed by atoms with Crippen LogP contribution in [0.2, 0.25) is 0 Å². The Morgan fingerprint density at radius 3 is 2.81 bits per heavy atom. The molecule has 4 nitrogen and oxygen atoms in total. The molecule has 0 fully saturated rings. The van der Waals surface area contributed by atoms with E-state index in [0.717, 1.165) is 6.42 Å². The van der Waals surface area contributed by atoms with Crippen LogP contribution < -0.4 is 4.74 Å². The lowest BCUT2D eigenvalue weighted by Gasteiger charge is -2.32. The lowest BCUT2D eigenvalue weighted by Crippen LogP contribution is -2.41. The second-order valence-electron chi connectivity index (χ2n) is 3.84. The molecule has 1 unspecified atom stereocenters. The number of fused-ring (bicyclic) bond motifs is 1. The third kappa shape index (κ3) is 1.36. The minimum absolute atomic E-state index is 0.0981. The highest BCUT2D eigenvalue weighted by Crippen LogP contribution is 2.41. The van der Waals surface area contributed by atoms with E-state index in [9.17, 15) is 8.42 Å². The van der Waals surface area contributed by atoms with Crippen molar-refractivity contribution >= 4 is 10.1 Å². The van der Waals surface area contributed by atoms with Gasteiger partial charge in [0.25, 0.3) is 0 Å². The van der Waals surface area contributed by atoms with Gasteiger partial charge in [-0.3, -0.25) is 0 Å². The van der Waals surface area contributed by atoms with Gasteiger partial charge >= 0.3 is 10.1 Å². The zero-order chi connectivity index (χ0) is 11.2. The van der Waals surface area contributed by atoms with E-state index in [-0.39, 0.29) is 4.90 Å². The minimum atomic E-state index is -3.71. The molecular weight excluding hydrogens is 228 g/mol. The molecule has 1 aliphatic carbocycles. The Labute approximate surface area is 93.6 Å². The highest BCUT2D eigenvalue weighted by atomic mass is 32.2. The lowest BCUT2D eigenvalue weighted by molar-refractivity contribution is -0.0759. The first-order valence-electron chi connectivity index (χ1n) is 5.03. The molecule has 1 aromatic carbocycles. The first-order chi connectivity index (χ1) is 7.61. The van der Waals surface area contributed by atoms with E-state index in [1.54, 1.807) is 24.3 Å². The summed E-state index contributed by atoms with van der Waals surface area (Å²) in [4.78, 5) is 0.0981. The molecule has 5 heteroatoms. The average molecular weight is 238 g/mol. The van der Waals surface area contributed by atoms with Crippen LogP contribution in [-0.4, -0.2) is 14.2 Å². The van der Waals surface area contributed by atoms with Gasteiger partial charge in [-0.25, -0.2) is 4.18 Å². The molecule has 3 rings (SSSR count). The molecule has 1 aromatic rings. The van der Waals surface area contributed by atoms with E-state index in [4.69, 9.17) is 8.92 Å². The Kier molecular flexibility index (Phi) is 1.90. The van der Waals surface area contributed by atoms with Crippen LogP contribution in [0.1, 0.15) is 12.8 Å².